The number of nitro benzene ring substituents is 1. The predicted octanol–water partition coefficient (Wildman–Crippen LogP) is 2.54. The Morgan fingerprint density at radius 1 is 1.12 bits per heavy atom. The number of H-pyrrole nitrogens is 1. The zero-order chi connectivity index (χ0) is 18.0. The van der Waals surface area contributed by atoms with Crippen LogP contribution >= 0.6 is 0 Å². The van der Waals surface area contributed by atoms with E-state index in [4.69, 9.17) is 0 Å². The number of fused-ring (bicyclic) bond motifs is 1. The van der Waals surface area contributed by atoms with E-state index in [1.807, 2.05) is 0 Å². The number of carbonyl (C=O) groups is 2. The summed E-state index contributed by atoms with van der Waals surface area (Å²) in [5.74, 6) is -2.27. The molecule has 1 amide bonds. The van der Waals surface area contributed by atoms with Gasteiger partial charge in [0.1, 0.15) is 5.82 Å². The number of halogens is 1. The number of aromatic nitrogens is 1. The highest BCUT2D eigenvalue weighted by molar-refractivity contribution is 6.45. The summed E-state index contributed by atoms with van der Waals surface area (Å²) in [6, 6.07) is 9.12. The monoisotopic (exact) mass is 342 g/mol. The summed E-state index contributed by atoms with van der Waals surface area (Å²) in [6.45, 7) is 0. The van der Waals surface area contributed by atoms with Gasteiger partial charge >= 0.3 is 5.91 Å². The van der Waals surface area contributed by atoms with Gasteiger partial charge in [-0.2, -0.15) is 0 Å². The molecule has 126 valence electrons. The Balaban J connectivity index is 1.78. The zero-order valence-corrected chi connectivity index (χ0v) is 12.6. The van der Waals surface area contributed by atoms with Crippen LogP contribution in [0.25, 0.3) is 10.9 Å². The van der Waals surface area contributed by atoms with Crippen molar-refractivity contribution < 1.29 is 18.9 Å². The smallest absolute Gasteiger partial charge is 0.310 e. The largest absolute Gasteiger partial charge is 0.360 e. The van der Waals surface area contributed by atoms with Crippen molar-refractivity contribution in [2.45, 2.75) is 0 Å². The second kappa shape index (κ2) is 6.40. The molecular formula is C16H11FN4O4. The number of nitrogens with one attached hydrogen (secondary N) is 3. The number of amides is 1. The van der Waals surface area contributed by atoms with Gasteiger partial charge in [0.15, 0.2) is 0 Å². The molecule has 3 aromatic rings. The Bertz CT molecular complexity index is 981. The van der Waals surface area contributed by atoms with Crippen molar-refractivity contribution in [2.75, 3.05) is 5.43 Å². The maximum absolute atomic E-state index is 12.8. The van der Waals surface area contributed by atoms with Gasteiger partial charge in [-0.25, -0.2) is 4.39 Å². The minimum atomic E-state index is -0.961. The van der Waals surface area contributed by atoms with Crippen molar-refractivity contribution >= 4 is 34.0 Å². The third-order valence-electron chi connectivity index (χ3n) is 3.49. The maximum Gasteiger partial charge on any atom is 0.310 e. The molecule has 0 saturated heterocycles. The van der Waals surface area contributed by atoms with Crippen LogP contribution in [-0.2, 0) is 4.79 Å². The Labute approximate surface area is 139 Å². The number of hydrazine groups is 1. The average molecular weight is 342 g/mol. The van der Waals surface area contributed by atoms with Crippen molar-refractivity contribution in [2.24, 2.45) is 0 Å². The van der Waals surface area contributed by atoms with Gasteiger partial charge in [0, 0.05) is 29.2 Å². The van der Waals surface area contributed by atoms with Gasteiger partial charge in [-0.3, -0.25) is 30.6 Å². The van der Waals surface area contributed by atoms with E-state index in [1.165, 1.54) is 48.7 Å². The lowest BCUT2D eigenvalue weighted by Gasteiger charge is -2.07. The average Bonchev–Trinajstić information content (AvgIpc) is 3.03. The molecule has 1 aromatic heterocycles. The molecule has 8 nitrogen and oxygen atoms in total. The molecule has 0 atom stereocenters. The summed E-state index contributed by atoms with van der Waals surface area (Å²) in [5, 5.41) is 11.1. The number of rotatable bonds is 5. The number of ketones is 1. The normalized spacial score (nSPS) is 10.4. The summed E-state index contributed by atoms with van der Waals surface area (Å²) in [4.78, 5) is 37.3. The van der Waals surface area contributed by atoms with Crippen LogP contribution in [0.1, 0.15) is 10.4 Å². The first-order chi connectivity index (χ1) is 12.0. The molecule has 3 N–H and O–H groups in total. The summed E-state index contributed by atoms with van der Waals surface area (Å²) < 4.78 is 12.8. The molecule has 25 heavy (non-hydrogen) atoms. The van der Waals surface area contributed by atoms with E-state index in [2.05, 4.69) is 15.8 Å². The molecule has 0 bridgehead atoms. The van der Waals surface area contributed by atoms with E-state index in [0.717, 1.165) is 0 Å². The van der Waals surface area contributed by atoms with Crippen molar-refractivity contribution in [3.63, 3.8) is 0 Å². The van der Waals surface area contributed by atoms with Gasteiger partial charge in [-0.1, -0.05) is 0 Å². The van der Waals surface area contributed by atoms with Crippen LogP contribution in [0.4, 0.5) is 15.8 Å². The van der Waals surface area contributed by atoms with Crippen LogP contribution in [0, 0.1) is 15.9 Å². The fourth-order valence-electron chi connectivity index (χ4n) is 2.25. The fourth-order valence-corrected chi connectivity index (χ4v) is 2.25. The van der Waals surface area contributed by atoms with E-state index in [-0.39, 0.29) is 16.6 Å². The Kier molecular flexibility index (Phi) is 4.12. The minimum absolute atomic E-state index is 0.0112. The first-order valence-electron chi connectivity index (χ1n) is 7.07. The topological polar surface area (TPSA) is 117 Å². The van der Waals surface area contributed by atoms with Crippen LogP contribution in [0.2, 0.25) is 0 Å². The Morgan fingerprint density at radius 3 is 2.52 bits per heavy atom. The SMILES string of the molecule is O=C(NNc1ccc(F)cc1)C(=O)c1c[nH]c2ccc([N+](=O)[O-])cc12. The highest BCUT2D eigenvalue weighted by Crippen LogP contribution is 2.24. The third kappa shape index (κ3) is 3.29. The number of nitrogens with zero attached hydrogens (tertiary/aromatic N) is 1. The standard InChI is InChI=1S/C16H11FN4O4/c17-9-1-3-10(4-2-9)19-20-16(23)15(22)13-8-18-14-6-5-11(21(24)25)7-12(13)14/h1-8,18-19H,(H,20,23). The molecule has 0 fully saturated rings. The first-order valence-corrected chi connectivity index (χ1v) is 7.07. The van der Waals surface area contributed by atoms with E-state index < -0.39 is 22.4 Å². The zero-order valence-electron chi connectivity index (χ0n) is 12.6. The van der Waals surface area contributed by atoms with Gasteiger partial charge in [-0.15, -0.1) is 0 Å². The number of anilines is 1. The summed E-state index contributed by atoms with van der Waals surface area (Å²) in [5.41, 5.74) is 5.39. The molecule has 3 rings (SSSR count). The van der Waals surface area contributed by atoms with Gasteiger partial charge in [-0.05, 0) is 30.3 Å². The summed E-state index contributed by atoms with van der Waals surface area (Å²) >= 11 is 0. The number of hydrogen-bond acceptors (Lipinski definition) is 5. The van der Waals surface area contributed by atoms with Crippen molar-refractivity contribution in [1.82, 2.24) is 10.4 Å². The fraction of sp³-hybridized carbons (Fsp3) is 0. The molecule has 0 saturated carbocycles. The maximum atomic E-state index is 12.8. The molecule has 0 aliphatic carbocycles. The highest BCUT2D eigenvalue weighted by Gasteiger charge is 2.21. The van der Waals surface area contributed by atoms with E-state index >= 15 is 0 Å². The molecule has 0 spiro atoms. The van der Waals surface area contributed by atoms with E-state index in [9.17, 15) is 24.1 Å². The molecular weight excluding hydrogens is 331 g/mol. The molecule has 9 heteroatoms. The van der Waals surface area contributed by atoms with E-state index in [1.54, 1.807) is 0 Å². The van der Waals surface area contributed by atoms with Crippen molar-refractivity contribution in [1.29, 1.82) is 0 Å². The molecule has 0 aliphatic rings. The Morgan fingerprint density at radius 2 is 1.84 bits per heavy atom. The van der Waals surface area contributed by atoms with Crippen LogP contribution < -0.4 is 10.9 Å². The molecule has 2 aromatic carbocycles. The van der Waals surface area contributed by atoms with Crippen LogP contribution in [0.3, 0.4) is 0 Å². The number of carbonyl (C=O) groups excluding carboxylic acids is 2. The Hall–Kier alpha value is -3.75. The number of aromatic amines is 1. The van der Waals surface area contributed by atoms with E-state index in [0.29, 0.717) is 11.2 Å². The molecule has 1 heterocycles. The van der Waals surface area contributed by atoms with Crippen molar-refractivity contribution in [3.05, 3.63) is 70.2 Å². The lowest BCUT2D eigenvalue weighted by Crippen LogP contribution is -2.35. The van der Waals surface area contributed by atoms with Gasteiger partial charge < -0.3 is 4.98 Å². The highest BCUT2D eigenvalue weighted by atomic mass is 19.1. The van der Waals surface area contributed by atoms with Crippen LogP contribution in [-0.4, -0.2) is 21.6 Å². The summed E-state index contributed by atoms with van der Waals surface area (Å²) in [7, 11) is 0. The van der Waals surface area contributed by atoms with Gasteiger partial charge in [0.2, 0.25) is 0 Å². The van der Waals surface area contributed by atoms with Crippen LogP contribution in [0.5, 0.6) is 0 Å². The van der Waals surface area contributed by atoms with Gasteiger partial charge in [0.05, 0.1) is 16.2 Å². The number of benzene rings is 2. The van der Waals surface area contributed by atoms with Crippen LogP contribution in [0.15, 0.2) is 48.7 Å². The number of Topliss-reactive ketones (excluding diaryl/α,β-unsaturated/α-hetero) is 1. The molecule has 0 unspecified atom stereocenters. The second-order valence-corrected chi connectivity index (χ2v) is 5.10. The second-order valence-electron chi connectivity index (χ2n) is 5.10. The molecule has 0 aliphatic heterocycles. The number of nitro groups is 1. The quantitative estimate of drug-likeness (QED) is 0.285. The van der Waals surface area contributed by atoms with Gasteiger partial charge in [0.25, 0.3) is 11.5 Å². The minimum Gasteiger partial charge on any atom is -0.360 e. The number of hydrogen-bond donors (Lipinski definition) is 3. The predicted molar refractivity (Wildman–Crippen MR) is 87.4 cm³/mol. The lowest BCUT2D eigenvalue weighted by atomic mass is 10.1. The summed E-state index contributed by atoms with van der Waals surface area (Å²) in [6.07, 6.45) is 1.31. The van der Waals surface area contributed by atoms with Crippen molar-refractivity contribution in [3.8, 4) is 0 Å². The number of non-ortho nitro benzene ring substituents is 1. The molecule has 0 radical (unpaired) electrons. The lowest BCUT2D eigenvalue weighted by molar-refractivity contribution is -0.384. The first kappa shape index (κ1) is 16.1. The third-order valence-corrected chi connectivity index (χ3v) is 3.49.